The molecule has 2 aliphatic rings. The second-order valence-electron chi connectivity index (χ2n) is 8.95. The Morgan fingerprint density at radius 3 is 2.05 bits per heavy atom. The number of nitrogens with two attached hydrogens (primary N) is 1. The highest BCUT2D eigenvalue weighted by atomic mass is 15.2. The van der Waals surface area contributed by atoms with E-state index < -0.39 is 0 Å². The van der Waals surface area contributed by atoms with Crippen LogP contribution in [0.1, 0.15) is 78.6 Å². The van der Waals surface area contributed by atoms with Gasteiger partial charge in [-0.25, -0.2) is 0 Å². The SMILES string of the molecule is CN(CC1CCCCC1)C1(CN)CCC(C(C)(C)C)CC1. The van der Waals surface area contributed by atoms with Crippen molar-refractivity contribution in [3.05, 3.63) is 0 Å². The summed E-state index contributed by atoms with van der Waals surface area (Å²) in [5.41, 5.74) is 7.01. The minimum absolute atomic E-state index is 0.291. The van der Waals surface area contributed by atoms with Gasteiger partial charge in [0.25, 0.3) is 0 Å². The van der Waals surface area contributed by atoms with E-state index in [2.05, 4.69) is 32.7 Å². The van der Waals surface area contributed by atoms with Crippen molar-refractivity contribution in [1.82, 2.24) is 4.90 Å². The quantitative estimate of drug-likeness (QED) is 0.831. The molecule has 0 bridgehead atoms. The lowest BCUT2D eigenvalue weighted by Crippen LogP contribution is -2.56. The van der Waals surface area contributed by atoms with Crippen LogP contribution in [0.2, 0.25) is 0 Å². The van der Waals surface area contributed by atoms with Gasteiger partial charge in [0.05, 0.1) is 0 Å². The molecule has 0 aromatic rings. The summed E-state index contributed by atoms with van der Waals surface area (Å²) in [6, 6.07) is 0. The summed E-state index contributed by atoms with van der Waals surface area (Å²) in [4.78, 5) is 2.65. The Morgan fingerprint density at radius 2 is 1.57 bits per heavy atom. The molecule has 2 nitrogen and oxygen atoms in total. The molecule has 21 heavy (non-hydrogen) atoms. The molecule has 2 fully saturated rings. The maximum Gasteiger partial charge on any atom is 0.0329 e. The van der Waals surface area contributed by atoms with Gasteiger partial charge in [0.1, 0.15) is 0 Å². The summed E-state index contributed by atoms with van der Waals surface area (Å²) in [5, 5.41) is 0. The smallest absolute Gasteiger partial charge is 0.0329 e. The van der Waals surface area contributed by atoms with Crippen molar-refractivity contribution in [2.24, 2.45) is 23.0 Å². The highest BCUT2D eigenvalue weighted by Crippen LogP contribution is 2.43. The van der Waals surface area contributed by atoms with E-state index in [1.807, 2.05) is 0 Å². The van der Waals surface area contributed by atoms with Crippen molar-refractivity contribution in [3.63, 3.8) is 0 Å². The number of rotatable bonds is 4. The zero-order chi connectivity index (χ0) is 15.5. The molecule has 2 N–H and O–H groups in total. The second kappa shape index (κ2) is 7.00. The van der Waals surface area contributed by atoms with Crippen molar-refractivity contribution in [2.75, 3.05) is 20.1 Å². The van der Waals surface area contributed by atoms with Crippen molar-refractivity contribution >= 4 is 0 Å². The molecule has 0 unspecified atom stereocenters. The number of hydrogen-bond donors (Lipinski definition) is 1. The van der Waals surface area contributed by atoms with Crippen LogP contribution in [-0.4, -0.2) is 30.6 Å². The summed E-state index contributed by atoms with van der Waals surface area (Å²) in [7, 11) is 2.35. The van der Waals surface area contributed by atoms with Gasteiger partial charge in [-0.1, -0.05) is 40.0 Å². The van der Waals surface area contributed by atoms with E-state index in [-0.39, 0.29) is 0 Å². The van der Waals surface area contributed by atoms with E-state index in [1.165, 1.54) is 64.3 Å². The fourth-order valence-electron chi connectivity index (χ4n) is 4.71. The van der Waals surface area contributed by atoms with Gasteiger partial charge in [0.2, 0.25) is 0 Å². The zero-order valence-electron chi connectivity index (χ0n) is 15.0. The molecule has 0 saturated heterocycles. The van der Waals surface area contributed by atoms with E-state index >= 15 is 0 Å². The molecule has 2 heteroatoms. The molecule has 2 aliphatic carbocycles. The second-order valence-corrected chi connectivity index (χ2v) is 8.95. The van der Waals surface area contributed by atoms with Crippen molar-refractivity contribution in [3.8, 4) is 0 Å². The minimum atomic E-state index is 0.291. The lowest BCUT2D eigenvalue weighted by atomic mass is 9.66. The number of likely N-dealkylation sites (N-methyl/N-ethyl adjacent to an activating group) is 1. The maximum absolute atomic E-state index is 6.26. The monoisotopic (exact) mass is 294 g/mol. The van der Waals surface area contributed by atoms with Crippen molar-refractivity contribution in [2.45, 2.75) is 84.1 Å². The molecule has 2 rings (SSSR count). The summed E-state index contributed by atoms with van der Waals surface area (Å²) >= 11 is 0. The van der Waals surface area contributed by atoms with Crippen LogP contribution in [0.5, 0.6) is 0 Å². The molecule has 0 spiro atoms. The normalized spacial score (nSPS) is 32.6. The standard InChI is InChI=1S/C19H38N2/c1-18(2,3)17-10-12-19(15-20,13-11-17)21(4)14-16-8-6-5-7-9-16/h16-17H,5-15,20H2,1-4H3. The first kappa shape index (κ1) is 17.3. The van der Waals surface area contributed by atoms with Crippen LogP contribution in [0.15, 0.2) is 0 Å². The topological polar surface area (TPSA) is 29.3 Å². The largest absolute Gasteiger partial charge is 0.329 e. The van der Waals surface area contributed by atoms with E-state index in [9.17, 15) is 0 Å². The Kier molecular flexibility index (Phi) is 5.76. The Hall–Kier alpha value is -0.0800. The van der Waals surface area contributed by atoms with Crippen molar-refractivity contribution < 1.29 is 0 Å². The molecule has 0 aliphatic heterocycles. The fraction of sp³-hybridized carbons (Fsp3) is 1.00. The van der Waals surface area contributed by atoms with Crippen LogP contribution in [0.25, 0.3) is 0 Å². The molecular weight excluding hydrogens is 256 g/mol. The minimum Gasteiger partial charge on any atom is -0.329 e. The lowest BCUT2D eigenvalue weighted by molar-refractivity contribution is 0.0254. The molecule has 0 atom stereocenters. The predicted molar refractivity (Wildman–Crippen MR) is 92.4 cm³/mol. The predicted octanol–water partition coefficient (Wildman–Crippen LogP) is 4.43. The van der Waals surface area contributed by atoms with E-state index in [1.54, 1.807) is 0 Å². The summed E-state index contributed by atoms with van der Waals surface area (Å²) in [6.45, 7) is 9.32. The molecule has 0 aromatic heterocycles. The average Bonchev–Trinajstić information content (AvgIpc) is 2.47. The van der Waals surface area contributed by atoms with Gasteiger partial charge >= 0.3 is 0 Å². The maximum atomic E-state index is 6.26. The van der Waals surface area contributed by atoms with Gasteiger partial charge in [-0.2, -0.15) is 0 Å². The molecule has 2 saturated carbocycles. The zero-order valence-corrected chi connectivity index (χ0v) is 15.0. The molecule has 124 valence electrons. The first-order valence-electron chi connectivity index (χ1n) is 9.29. The van der Waals surface area contributed by atoms with Gasteiger partial charge in [0.15, 0.2) is 0 Å². The average molecular weight is 295 g/mol. The molecule has 0 heterocycles. The van der Waals surface area contributed by atoms with E-state index in [4.69, 9.17) is 5.73 Å². The summed E-state index contributed by atoms with van der Waals surface area (Å²) < 4.78 is 0. The number of nitrogens with zero attached hydrogens (tertiary/aromatic N) is 1. The van der Waals surface area contributed by atoms with Gasteiger partial charge in [0, 0.05) is 18.6 Å². The molecule has 0 aromatic carbocycles. The van der Waals surface area contributed by atoms with Crippen molar-refractivity contribution in [1.29, 1.82) is 0 Å². The Labute approximate surface area is 132 Å². The Morgan fingerprint density at radius 1 is 1.00 bits per heavy atom. The third-order valence-electron chi connectivity index (χ3n) is 6.59. The van der Waals surface area contributed by atoms with Gasteiger partial charge in [-0.15, -0.1) is 0 Å². The summed E-state index contributed by atoms with van der Waals surface area (Å²) in [5.74, 6) is 1.80. The van der Waals surface area contributed by atoms with Gasteiger partial charge in [-0.3, -0.25) is 4.90 Å². The third-order valence-corrected chi connectivity index (χ3v) is 6.59. The van der Waals surface area contributed by atoms with Gasteiger partial charge in [-0.05, 0) is 62.8 Å². The highest BCUT2D eigenvalue weighted by molar-refractivity contribution is 4.97. The van der Waals surface area contributed by atoms with Crippen LogP contribution in [0.3, 0.4) is 0 Å². The highest BCUT2D eigenvalue weighted by Gasteiger charge is 2.40. The molecule has 0 radical (unpaired) electrons. The van der Waals surface area contributed by atoms with E-state index in [0.29, 0.717) is 11.0 Å². The van der Waals surface area contributed by atoms with Gasteiger partial charge < -0.3 is 5.73 Å². The van der Waals surface area contributed by atoms with Crippen LogP contribution in [0, 0.1) is 17.3 Å². The first-order valence-corrected chi connectivity index (χ1v) is 9.29. The van der Waals surface area contributed by atoms with Crippen LogP contribution in [0.4, 0.5) is 0 Å². The summed E-state index contributed by atoms with van der Waals surface area (Å²) in [6.07, 6.45) is 12.5. The Bertz CT molecular complexity index is 304. The third kappa shape index (κ3) is 4.22. The number of hydrogen-bond acceptors (Lipinski definition) is 2. The van der Waals surface area contributed by atoms with E-state index in [0.717, 1.165) is 18.4 Å². The Balaban J connectivity index is 1.92. The first-order chi connectivity index (χ1) is 9.87. The lowest BCUT2D eigenvalue weighted by Gasteiger charge is -2.49. The van der Waals surface area contributed by atoms with Crippen LogP contribution in [-0.2, 0) is 0 Å². The fourth-order valence-corrected chi connectivity index (χ4v) is 4.71. The molecular formula is C19H38N2. The molecule has 0 amide bonds. The van der Waals surface area contributed by atoms with Crippen LogP contribution >= 0.6 is 0 Å². The van der Waals surface area contributed by atoms with Crippen LogP contribution < -0.4 is 5.73 Å².